The summed E-state index contributed by atoms with van der Waals surface area (Å²) in [5.74, 6) is -1.25. The van der Waals surface area contributed by atoms with Crippen LogP contribution in [0.3, 0.4) is 0 Å². The van der Waals surface area contributed by atoms with Crippen LogP contribution in [0.4, 0.5) is 0 Å². The van der Waals surface area contributed by atoms with Gasteiger partial charge in [-0.2, -0.15) is 5.10 Å². The van der Waals surface area contributed by atoms with Gasteiger partial charge in [0.05, 0.1) is 17.8 Å². The number of para-hydroxylation sites is 1. The number of allylic oxidation sites excluding steroid dienone is 2. The van der Waals surface area contributed by atoms with E-state index in [1.165, 1.54) is 10.9 Å². The van der Waals surface area contributed by atoms with Gasteiger partial charge in [-0.05, 0) is 37.3 Å². The monoisotopic (exact) mass is 368 g/mol. The number of hydrogen-bond donors (Lipinski definition) is 3. The SMILES string of the molecule is CC(C)=CC1C(C(=O)NNC(=O)c2nn(-c3ccccc3)cc2O)C1(C)C. The average molecular weight is 368 g/mol. The fraction of sp³-hybridized carbons (Fsp3) is 0.350. The number of nitrogens with zero attached hydrogens (tertiary/aromatic N) is 2. The van der Waals surface area contributed by atoms with Gasteiger partial charge < -0.3 is 5.11 Å². The smallest absolute Gasteiger partial charge is 0.294 e. The summed E-state index contributed by atoms with van der Waals surface area (Å²) in [4.78, 5) is 24.7. The third-order valence-corrected chi connectivity index (χ3v) is 4.94. The average Bonchev–Trinajstić information content (AvgIpc) is 2.96. The summed E-state index contributed by atoms with van der Waals surface area (Å²) < 4.78 is 1.40. The van der Waals surface area contributed by atoms with E-state index in [1.807, 2.05) is 45.9 Å². The minimum Gasteiger partial charge on any atom is -0.504 e. The molecule has 0 spiro atoms. The molecule has 27 heavy (non-hydrogen) atoms. The van der Waals surface area contributed by atoms with Gasteiger partial charge in [0.15, 0.2) is 11.4 Å². The van der Waals surface area contributed by atoms with Crippen molar-refractivity contribution in [2.24, 2.45) is 17.3 Å². The zero-order chi connectivity index (χ0) is 19.8. The molecule has 0 saturated heterocycles. The first-order valence-corrected chi connectivity index (χ1v) is 8.81. The molecule has 7 heteroatoms. The molecule has 3 rings (SSSR count). The van der Waals surface area contributed by atoms with E-state index in [-0.39, 0.29) is 34.6 Å². The van der Waals surface area contributed by atoms with Crippen molar-refractivity contribution in [3.05, 3.63) is 53.9 Å². The van der Waals surface area contributed by atoms with Gasteiger partial charge >= 0.3 is 0 Å². The maximum atomic E-state index is 12.4. The van der Waals surface area contributed by atoms with Gasteiger partial charge in [-0.1, -0.05) is 43.7 Å². The molecule has 1 aromatic carbocycles. The van der Waals surface area contributed by atoms with Gasteiger partial charge in [0.1, 0.15) is 0 Å². The van der Waals surface area contributed by atoms with Crippen molar-refractivity contribution in [2.75, 3.05) is 0 Å². The first-order chi connectivity index (χ1) is 12.7. The third kappa shape index (κ3) is 3.72. The van der Waals surface area contributed by atoms with Crippen molar-refractivity contribution in [2.45, 2.75) is 27.7 Å². The molecule has 1 aliphatic carbocycles. The number of hydrogen-bond acceptors (Lipinski definition) is 4. The van der Waals surface area contributed by atoms with E-state index < -0.39 is 5.91 Å². The Bertz CT molecular complexity index is 895. The number of hydrazine groups is 1. The third-order valence-electron chi connectivity index (χ3n) is 4.94. The van der Waals surface area contributed by atoms with Gasteiger partial charge in [-0.25, -0.2) is 4.68 Å². The van der Waals surface area contributed by atoms with Crippen LogP contribution in [-0.4, -0.2) is 26.7 Å². The van der Waals surface area contributed by atoms with E-state index in [4.69, 9.17) is 0 Å². The Morgan fingerprint density at radius 2 is 1.85 bits per heavy atom. The summed E-state index contributed by atoms with van der Waals surface area (Å²) >= 11 is 0. The van der Waals surface area contributed by atoms with Crippen LogP contribution in [0.2, 0.25) is 0 Å². The number of nitrogens with one attached hydrogen (secondary N) is 2. The lowest BCUT2D eigenvalue weighted by atomic mass is 10.1. The number of aromatic nitrogens is 2. The van der Waals surface area contributed by atoms with Gasteiger partial charge in [0.25, 0.3) is 5.91 Å². The van der Waals surface area contributed by atoms with Crippen LogP contribution < -0.4 is 10.9 Å². The molecule has 0 radical (unpaired) electrons. The molecule has 1 aliphatic rings. The minimum atomic E-state index is -0.673. The molecule has 2 atom stereocenters. The summed E-state index contributed by atoms with van der Waals surface area (Å²) in [5, 5.41) is 14.1. The Kier molecular flexibility index (Phi) is 4.78. The molecule has 2 aromatic rings. The quantitative estimate of drug-likeness (QED) is 0.571. The van der Waals surface area contributed by atoms with Crippen molar-refractivity contribution in [1.29, 1.82) is 0 Å². The van der Waals surface area contributed by atoms with Crippen LogP contribution in [0.15, 0.2) is 48.2 Å². The number of carbonyl (C=O) groups excluding carboxylic acids is 2. The molecule has 2 amide bonds. The van der Waals surface area contributed by atoms with E-state index in [2.05, 4.69) is 22.0 Å². The largest absolute Gasteiger partial charge is 0.504 e. The second-order valence-electron chi connectivity index (χ2n) is 7.66. The number of amides is 2. The number of aromatic hydroxyl groups is 1. The van der Waals surface area contributed by atoms with Crippen molar-refractivity contribution >= 4 is 11.8 Å². The second-order valence-corrected chi connectivity index (χ2v) is 7.66. The fourth-order valence-electron chi connectivity index (χ4n) is 3.34. The molecule has 1 fully saturated rings. The van der Waals surface area contributed by atoms with E-state index in [1.54, 1.807) is 12.1 Å². The lowest BCUT2D eigenvalue weighted by Crippen LogP contribution is -2.43. The molecular weight excluding hydrogens is 344 g/mol. The van der Waals surface area contributed by atoms with Gasteiger partial charge in [-0.3, -0.25) is 20.4 Å². The van der Waals surface area contributed by atoms with E-state index >= 15 is 0 Å². The number of benzene rings is 1. The van der Waals surface area contributed by atoms with Crippen molar-refractivity contribution < 1.29 is 14.7 Å². The van der Waals surface area contributed by atoms with E-state index in [9.17, 15) is 14.7 Å². The van der Waals surface area contributed by atoms with E-state index in [0.717, 1.165) is 5.57 Å². The van der Waals surface area contributed by atoms with Crippen LogP contribution in [0.25, 0.3) is 5.69 Å². The standard InChI is InChI=1S/C20H24N4O3/c1-12(2)10-14-16(20(14,3)4)18(26)21-22-19(27)17-15(25)11-24(23-17)13-8-6-5-7-9-13/h5-11,14,16,25H,1-4H3,(H,21,26)(H,22,27). The Hall–Kier alpha value is -3.09. The molecule has 0 bridgehead atoms. The predicted octanol–water partition coefficient (Wildman–Crippen LogP) is 2.58. The molecule has 142 valence electrons. The summed E-state index contributed by atoms with van der Waals surface area (Å²) in [6.07, 6.45) is 3.43. The van der Waals surface area contributed by atoms with Crippen molar-refractivity contribution in [1.82, 2.24) is 20.6 Å². The lowest BCUT2D eigenvalue weighted by molar-refractivity contribution is -0.123. The molecule has 2 unspecified atom stereocenters. The summed E-state index contributed by atoms with van der Waals surface area (Å²) in [5.41, 5.74) is 6.35. The minimum absolute atomic E-state index is 0.144. The molecule has 7 nitrogen and oxygen atoms in total. The number of rotatable bonds is 4. The molecule has 1 aromatic heterocycles. The van der Waals surface area contributed by atoms with Crippen LogP contribution in [0.1, 0.15) is 38.2 Å². The van der Waals surface area contributed by atoms with Crippen LogP contribution >= 0.6 is 0 Å². The first kappa shape index (κ1) is 18.7. The van der Waals surface area contributed by atoms with Gasteiger partial charge in [-0.15, -0.1) is 0 Å². The Morgan fingerprint density at radius 1 is 1.19 bits per heavy atom. The topological polar surface area (TPSA) is 96.3 Å². The van der Waals surface area contributed by atoms with Crippen molar-refractivity contribution in [3.8, 4) is 11.4 Å². The zero-order valence-corrected chi connectivity index (χ0v) is 15.9. The van der Waals surface area contributed by atoms with Crippen LogP contribution in [0.5, 0.6) is 5.75 Å². The summed E-state index contributed by atoms with van der Waals surface area (Å²) in [6, 6.07) is 9.11. The lowest BCUT2D eigenvalue weighted by Gasteiger charge is -2.07. The zero-order valence-electron chi connectivity index (χ0n) is 15.9. The normalized spacial score (nSPS) is 19.9. The molecular formula is C20H24N4O3. The highest BCUT2D eigenvalue weighted by atomic mass is 16.3. The maximum Gasteiger partial charge on any atom is 0.294 e. The number of carbonyl (C=O) groups is 2. The summed E-state index contributed by atoms with van der Waals surface area (Å²) in [6.45, 7) is 8.04. The summed E-state index contributed by atoms with van der Waals surface area (Å²) in [7, 11) is 0. The van der Waals surface area contributed by atoms with Crippen molar-refractivity contribution in [3.63, 3.8) is 0 Å². The van der Waals surface area contributed by atoms with E-state index in [0.29, 0.717) is 5.69 Å². The Morgan fingerprint density at radius 3 is 2.48 bits per heavy atom. The highest BCUT2D eigenvalue weighted by Crippen LogP contribution is 2.59. The fourth-order valence-corrected chi connectivity index (χ4v) is 3.34. The van der Waals surface area contributed by atoms with Gasteiger partial charge in [0, 0.05) is 0 Å². The highest BCUT2D eigenvalue weighted by Gasteiger charge is 2.60. The Labute approximate surface area is 158 Å². The molecule has 3 N–H and O–H groups in total. The first-order valence-electron chi connectivity index (χ1n) is 8.81. The second kappa shape index (κ2) is 6.90. The molecule has 0 aliphatic heterocycles. The van der Waals surface area contributed by atoms with Crippen LogP contribution in [-0.2, 0) is 4.79 Å². The van der Waals surface area contributed by atoms with Gasteiger partial charge in [0.2, 0.25) is 5.91 Å². The highest BCUT2D eigenvalue weighted by molar-refractivity contribution is 5.96. The molecule has 1 saturated carbocycles. The maximum absolute atomic E-state index is 12.4. The Balaban J connectivity index is 1.64. The van der Waals surface area contributed by atoms with Crippen LogP contribution in [0, 0.1) is 17.3 Å². The predicted molar refractivity (Wildman–Crippen MR) is 101 cm³/mol. The molecule has 1 heterocycles.